The Bertz CT molecular complexity index is 5450. The van der Waals surface area contributed by atoms with Crippen LogP contribution in [0.15, 0.2) is 152 Å². The molecule has 0 aliphatic carbocycles. The van der Waals surface area contributed by atoms with Gasteiger partial charge in [0, 0.05) is 0 Å². The number of aromatic nitrogens is 5. The average Bonchev–Trinajstić information content (AvgIpc) is 0.786. The first-order chi connectivity index (χ1) is 56.5. The Kier molecular flexibility index (Phi) is 35.3. The van der Waals surface area contributed by atoms with Crippen molar-refractivity contribution in [3.05, 3.63) is 236 Å². The minimum absolute atomic E-state index is 0.164. The molecular formula is C115H180Ge5N5+5. The normalized spacial score (nSPS) is 12.8. The van der Waals surface area contributed by atoms with Gasteiger partial charge < -0.3 is 0 Å². The van der Waals surface area contributed by atoms with Gasteiger partial charge in [-0.05, 0) is 0 Å². The summed E-state index contributed by atoms with van der Waals surface area (Å²) in [5, 5.41) is 0. The molecule has 5 heterocycles. The minimum atomic E-state index is -2.00. The van der Waals surface area contributed by atoms with Crippen molar-refractivity contribution in [3.8, 4) is 56.3 Å². The number of hydrogen-bond donors (Lipinski definition) is 0. The van der Waals surface area contributed by atoms with Crippen molar-refractivity contribution in [2.45, 2.75) is 345 Å². The molecule has 0 saturated carbocycles. The van der Waals surface area contributed by atoms with Crippen molar-refractivity contribution >= 4 is 88.3 Å². The molecule has 10 rings (SSSR count). The first-order valence-corrected chi connectivity index (χ1v) is 83.9. The fourth-order valence-corrected chi connectivity index (χ4v) is 36.2. The Balaban J connectivity index is 0.000000242. The Morgan fingerprint density at radius 2 is 0.536 bits per heavy atom. The van der Waals surface area contributed by atoms with Crippen molar-refractivity contribution in [1.29, 1.82) is 0 Å². The molecule has 0 spiro atoms. The Morgan fingerprint density at radius 3 is 0.848 bits per heavy atom. The maximum absolute atomic E-state index is 2.52. The van der Waals surface area contributed by atoms with Crippen LogP contribution in [0.25, 0.3) is 56.3 Å². The van der Waals surface area contributed by atoms with Crippen molar-refractivity contribution in [2.24, 2.45) is 41.2 Å². The molecule has 0 amide bonds. The molecule has 0 aliphatic heterocycles. The van der Waals surface area contributed by atoms with Crippen LogP contribution in [-0.4, -0.2) is 66.3 Å². The van der Waals surface area contributed by atoms with Gasteiger partial charge in [-0.2, -0.15) is 0 Å². The van der Waals surface area contributed by atoms with E-state index in [1.807, 2.05) is 0 Å². The van der Waals surface area contributed by atoms with Crippen LogP contribution in [0, 0.1) is 47.5 Å². The monoisotopic (exact) mass is 2000 g/mol. The second-order valence-corrected chi connectivity index (χ2v) is 103. The molecule has 0 atom stereocenters. The molecular weight excluding hydrogens is 1810 g/mol. The molecule has 10 heteroatoms. The third-order valence-electron chi connectivity index (χ3n) is 25.1. The molecule has 0 radical (unpaired) electrons. The Morgan fingerprint density at radius 1 is 0.256 bits per heavy atom. The third kappa shape index (κ3) is 28.5. The van der Waals surface area contributed by atoms with Crippen LogP contribution in [0.1, 0.15) is 261 Å². The molecule has 0 unspecified atom stereocenters. The number of benzene rings is 5. The predicted octanol–water partition coefficient (Wildman–Crippen LogP) is 26.7. The van der Waals surface area contributed by atoms with E-state index in [0.717, 1.165) is 6.42 Å². The SMILES string of the molecule is Cc1cc(C(C)(C)C)ccc1-c1c[c]([Ge]([CH3])([CH3])[CH3])c(C(C)C)c[n+]1C.Cc1ccc(C(C)(C)C)cc1-c1c[c]([Ge]([CH3])([CH3])[CH3])c(C(C)(C)C)c[n+]1C.Cc1ccc(C(C)C)cc1-c1c[c]([Ge]([CH3])([CH3])[CH3])c(C(C)(C)C)c[n+]1C.Cc1ccc(C)c(-c2c[c]([Ge]([CH3])([CH3])[CH3])c(C(C)(C)C)c[n+]2C)c1.Cc1ccc(CC(C)C)cc1-c1c[c]([Ge]([CH3])([CH3])[CH3])c(C(C)(C)C)c[n+]1C. The second kappa shape index (κ2) is 40.7. The zero-order chi connectivity index (χ0) is 95.8. The van der Waals surface area contributed by atoms with E-state index in [0.29, 0.717) is 17.8 Å². The van der Waals surface area contributed by atoms with Gasteiger partial charge in [0.25, 0.3) is 0 Å². The van der Waals surface area contributed by atoms with E-state index in [-0.39, 0.29) is 32.5 Å². The summed E-state index contributed by atoms with van der Waals surface area (Å²) in [6, 6.07) is 47.2. The summed E-state index contributed by atoms with van der Waals surface area (Å²) in [4.78, 5) is 0. The van der Waals surface area contributed by atoms with E-state index < -0.39 is 66.3 Å². The van der Waals surface area contributed by atoms with Crippen LogP contribution in [0.4, 0.5) is 0 Å². The predicted molar refractivity (Wildman–Crippen MR) is 568 cm³/mol. The molecule has 0 saturated heterocycles. The van der Waals surface area contributed by atoms with Crippen LogP contribution < -0.4 is 44.8 Å². The first kappa shape index (κ1) is 108. The summed E-state index contributed by atoms with van der Waals surface area (Å²) in [5.41, 5.74) is 36.1. The summed E-state index contributed by atoms with van der Waals surface area (Å²) >= 11 is -9.88. The quantitative estimate of drug-likeness (QED) is 0.0764. The summed E-state index contributed by atoms with van der Waals surface area (Å²) in [6.45, 7) is 68.9. The molecule has 0 fully saturated rings. The summed E-state index contributed by atoms with van der Waals surface area (Å²) < 4.78 is 19.8. The fraction of sp³-hybridized carbons (Fsp3) is 0.522. The summed E-state index contributed by atoms with van der Waals surface area (Å²) in [6.07, 6.45) is 13.1. The van der Waals surface area contributed by atoms with Gasteiger partial charge in [0.2, 0.25) is 0 Å². The Hall–Kier alpha value is -5.44. The van der Waals surface area contributed by atoms with E-state index in [1.54, 1.807) is 22.0 Å². The first-order valence-electron chi connectivity index (χ1n) is 47.2. The molecule has 0 aliphatic rings. The number of pyridine rings is 5. The third-order valence-corrected chi connectivity index (χ3v) is 46.5. The van der Waals surface area contributed by atoms with Gasteiger partial charge in [-0.25, -0.2) is 0 Å². The van der Waals surface area contributed by atoms with Crippen LogP contribution in [0.3, 0.4) is 0 Å². The number of nitrogens with zero attached hydrogens (tertiary/aromatic N) is 5. The van der Waals surface area contributed by atoms with Gasteiger partial charge in [-0.1, -0.05) is 0 Å². The molecule has 0 bridgehead atoms. The molecule has 0 N–H and O–H groups in total. The van der Waals surface area contributed by atoms with Crippen LogP contribution >= 0.6 is 0 Å². The van der Waals surface area contributed by atoms with Crippen LogP contribution in [0.2, 0.25) is 86.3 Å². The summed E-state index contributed by atoms with van der Waals surface area (Å²) in [7, 11) is 11.0. The topological polar surface area (TPSA) is 19.4 Å². The average molecular weight is 2000 g/mol. The molecule has 125 heavy (non-hydrogen) atoms. The van der Waals surface area contributed by atoms with Gasteiger partial charge in [-0.3, -0.25) is 0 Å². The fourth-order valence-electron chi connectivity index (χ4n) is 17.2. The molecule has 10 aromatic rings. The standard InChI is InChI=1S/2C24H38GeN.2C23H36GeN.C21H32GeN/c1-17-12-13-18(23(2,3)4)14-19(17)22-15-21(25(8,9)10)20(16-26(22)11)24(5,6)7;1-17(2)13-19-12-11-18(3)20(14-19)23-15-22(25(7,8)9)21(16-26(23)10)24(4,5)6;1-16(2)20-15-25(10)22(14-21(20)24(7,8)9)19-12-11-18(13-17(19)3)23(4,5)6;1-16(2)18-12-11-17(3)19(13-18)22-14-21(24(7,8)9)20(15-25(22)10)23(4,5)6;1-15-10-11-16(2)17(12-15)20-13-19(22(6,7)8)18(14-23(20)9)21(3,4)5/h12-16H,1-11H3;11-12,14-17H,13H2,1-10H3;2*11-16H,1-10H3;10-14H,1-9H3/q5*+1. The van der Waals surface area contributed by atoms with Crippen molar-refractivity contribution < 1.29 is 22.8 Å². The van der Waals surface area contributed by atoms with Gasteiger partial charge >= 0.3 is 789 Å². The zero-order valence-corrected chi connectivity index (χ0v) is 100. The van der Waals surface area contributed by atoms with Gasteiger partial charge in [0.15, 0.2) is 0 Å². The van der Waals surface area contributed by atoms with E-state index >= 15 is 0 Å². The molecule has 5 nitrogen and oxygen atoms in total. The van der Waals surface area contributed by atoms with Crippen molar-refractivity contribution in [3.63, 3.8) is 0 Å². The Labute approximate surface area is 782 Å². The van der Waals surface area contributed by atoms with E-state index in [4.69, 9.17) is 0 Å². The van der Waals surface area contributed by atoms with Gasteiger partial charge in [-0.15, -0.1) is 0 Å². The second-order valence-electron chi connectivity index (χ2n) is 49.8. The van der Waals surface area contributed by atoms with Gasteiger partial charge in [0.1, 0.15) is 0 Å². The number of rotatable bonds is 14. The van der Waals surface area contributed by atoms with Crippen LogP contribution in [-0.2, 0) is 74.1 Å². The van der Waals surface area contributed by atoms with Crippen LogP contribution in [0.5, 0.6) is 0 Å². The zero-order valence-electron chi connectivity index (χ0n) is 89.6. The summed E-state index contributed by atoms with van der Waals surface area (Å²) in [5.74, 6) is 39.4. The maximum atomic E-state index is 2.52. The van der Waals surface area contributed by atoms with E-state index in [2.05, 4.69) is 504 Å². The molecule has 5 aromatic carbocycles. The molecule has 5 aromatic heterocycles. The van der Waals surface area contributed by atoms with Gasteiger partial charge in [0.05, 0.1) is 0 Å². The molecule has 680 valence electrons. The number of hydrogen-bond acceptors (Lipinski definition) is 0. The van der Waals surface area contributed by atoms with Crippen molar-refractivity contribution in [1.82, 2.24) is 0 Å². The van der Waals surface area contributed by atoms with E-state index in [9.17, 15) is 0 Å². The number of aryl methyl sites for hydroxylation is 11. The van der Waals surface area contributed by atoms with E-state index in [1.165, 1.54) is 140 Å². The van der Waals surface area contributed by atoms with Crippen molar-refractivity contribution in [2.75, 3.05) is 0 Å².